The van der Waals surface area contributed by atoms with Gasteiger partial charge in [-0.05, 0) is 52.4 Å². The van der Waals surface area contributed by atoms with Gasteiger partial charge in [-0.3, -0.25) is 4.79 Å². The quantitative estimate of drug-likeness (QED) is 0.703. The molecule has 0 bridgehead atoms. The van der Waals surface area contributed by atoms with Gasteiger partial charge < -0.3 is 19.7 Å². The van der Waals surface area contributed by atoms with Gasteiger partial charge in [-0.1, -0.05) is 19.3 Å². The molecule has 2 aromatic heterocycles. The second-order valence-corrected chi connectivity index (χ2v) is 9.70. The zero-order valence-electron chi connectivity index (χ0n) is 19.6. The van der Waals surface area contributed by atoms with Crippen LogP contribution in [0.3, 0.4) is 0 Å². The second kappa shape index (κ2) is 9.24. The van der Waals surface area contributed by atoms with Gasteiger partial charge in [0.2, 0.25) is 11.9 Å². The molecule has 0 aromatic carbocycles. The monoisotopic (exact) mass is 439 g/mol. The Morgan fingerprint density at radius 1 is 1.06 bits per heavy atom. The van der Waals surface area contributed by atoms with E-state index < -0.39 is 0 Å². The first-order valence-corrected chi connectivity index (χ1v) is 12.7. The average Bonchev–Trinajstić information content (AvgIpc) is 3.55. The van der Waals surface area contributed by atoms with Crippen molar-refractivity contribution < 1.29 is 4.79 Å². The fourth-order valence-electron chi connectivity index (χ4n) is 5.35. The molecule has 2 saturated carbocycles. The summed E-state index contributed by atoms with van der Waals surface area (Å²) in [5.41, 5.74) is 1.83. The maximum absolute atomic E-state index is 13.0. The Morgan fingerprint density at radius 2 is 1.84 bits per heavy atom. The van der Waals surface area contributed by atoms with Gasteiger partial charge in [0.15, 0.2) is 17.0 Å². The van der Waals surface area contributed by atoms with Gasteiger partial charge in [0.1, 0.15) is 0 Å². The molecule has 5 rings (SSSR count). The first-order chi connectivity index (χ1) is 15.7. The summed E-state index contributed by atoms with van der Waals surface area (Å²) in [6, 6.07) is 0.975. The van der Waals surface area contributed by atoms with E-state index in [2.05, 4.69) is 28.6 Å². The number of imidazole rings is 1. The molecule has 2 aromatic rings. The molecule has 3 aliphatic rings. The van der Waals surface area contributed by atoms with Crippen LogP contribution < -0.4 is 10.2 Å². The predicted molar refractivity (Wildman–Crippen MR) is 127 cm³/mol. The lowest BCUT2D eigenvalue weighted by molar-refractivity contribution is -0.135. The second-order valence-electron chi connectivity index (χ2n) is 9.70. The van der Waals surface area contributed by atoms with Crippen molar-refractivity contribution in [3.8, 4) is 0 Å². The van der Waals surface area contributed by atoms with Crippen LogP contribution in [0.1, 0.15) is 77.7 Å². The van der Waals surface area contributed by atoms with E-state index in [1.54, 1.807) is 0 Å². The average molecular weight is 440 g/mol. The number of carbonyl (C=O) groups is 1. The number of fused-ring (bicyclic) bond motifs is 1. The topological polar surface area (TPSA) is 79.2 Å². The minimum Gasteiger partial charge on any atom is -0.365 e. The molecule has 2 aliphatic carbocycles. The van der Waals surface area contributed by atoms with E-state index in [9.17, 15) is 4.79 Å². The van der Waals surface area contributed by atoms with Crippen molar-refractivity contribution in [1.82, 2.24) is 24.4 Å². The normalized spacial score (nSPS) is 22.3. The summed E-state index contributed by atoms with van der Waals surface area (Å²) < 4.78 is 2.29. The Kier molecular flexibility index (Phi) is 6.20. The van der Waals surface area contributed by atoms with E-state index in [0.29, 0.717) is 18.6 Å². The van der Waals surface area contributed by atoms with Crippen molar-refractivity contribution in [2.45, 2.75) is 83.7 Å². The molecule has 1 aliphatic heterocycles. The number of nitrogens with zero attached hydrogens (tertiary/aromatic N) is 6. The van der Waals surface area contributed by atoms with Gasteiger partial charge in [-0.15, -0.1) is 0 Å². The third kappa shape index (κ3) is 4.28. The molecule has 1 saturated heterocycles. The van der Waals surface area contributed by atoms with E-state index in [1.807, 2.05) is 11.2 Å². The lowest BCUT2D eigenvalue weighted by Gasteiger charge is -2.34. The molecular weight excluding hydrogens is 402 g/mol. The van der Waals surface area contributed by atoms with Crippen LogP contribution in [-0.4, -0.2) is 62.5 Å². The molecule has 1 amide bonds. The number of piperidine rings is 1. The Bertz CT molecular complexity index is 943. The van der Waals surface area contributed by atoms with Gasteiger partial charge in [0.05, 0.1) is 12.2 Å². The van der Waals surface area contributed by atoms with E-state index in [-0.39, 0.29) is 11.8 Å². The highest BCUT2D eigenvalue weighted by Crippen LogP contribution is 2.34. The molecule has 32 heavy (non-hydrogen) atoms. The number of hydrogen-bond donors (Lipinski definition) is 1. The first-order valence-electron chi connectivity index (χ1n) is 12.7. The Balaban J connectivity index is 1.46. The highest BCUT2D eigenvalue weighted by molar-refractivity contribution is 5.85. The van der Waals surface area contributed by atoms with Crippen molar-refractivity contribution in [2.75, 3.05) is 36.4 Å². The minimum atomic E-state index is 0.0195. The smallest absolute Gasteiger partial charge is 0.229 e. The number of amides is 1. The zero-order valence-corrected chi connectivity index (χ0v) is 19.6. The maximum Gasteiger partial charge on any atom is 0.229 e. The molecule has 1 atom stereocenters. The van der Waals surface area contributed by atoms with Gasteiger partial charge in [0.25, 0.3) is 0 Å². The third-order valence-electron chi connectivity index (χ3n) is 7.42. The van der Waals surface area contributed by atoms with Crippen LogP contribution in [0.2, 0.25) is 0 Å². The van der Waals surface area contributed by atoms with Crippen molar-refractivity contribution in [1.29, 1.82) is 0 Å². The summed E-state index contributed by atoms with van der Waals surface area (Å²) in [5, 5.41) is 3.60. The van der Waals surface area contributed by atoms with Crippen molar-refractivity contribution in [3.05, 3.63) is 6.33 Å². The number of carbonyl (C=O) groups excluding carboxylic acids is 1. The summed E-state index contributed by atoms with van der Waals surface area (Å²) in [6.07, 6.45) is 12.6. The Labute approximate surface area is 190 Å². The summed E-state index contributed by atoms with van der Waals surface area (Å²) in [4.78, 5) is 31.9. The summed E-state index contributed by atoms with van der Waals surface area (Å²) in [6.45, 7) is 7.24. The summed E-state index contributed by atoms with van der Waals surface area (Å²) >= 11 is 0. The van der Waals surface area contributed by atoms with Crippen LogP contribution in [-0.2, 0) is 4.79 Å². The molecule has 3 fully saturated rings. The summed E-state index contributed by atoms with van der Waals surface area (Å²) in [7, 11) is 0. The van der Waals surface area contributed by atoms with E-state index >= 15 is 0 Å². The highest BCUT2D eigenvalue weighted by Gasteiger charge is 2.31. The van der Waals surface area contributed by atoms with Gasteiger partial charge in [-0.2, -0.15) is 9.97 Å². The largest absolute Gasteiger partial charge is 0.365 e. The van der Waals surface area contributed by atoms with Crippen molar-refractivity contribution in [3.63, 3.8) is 0 Å². The van der Waals surface area contributed by atoms with Gasteiger partial charge in [0, 0.05) is 38.3 Å². The molecule has 174 valence electrons. The number of anilines is 2. The molecule has 1 unspecified atom stereocenters. The van der Waals surface area contributed by atoms with E-state index in [0.717, 1.165) is 55.4 Å². The van der Waals surface area contributed by atoms with Crippen LogP contribution in [0.5, 0.6) is 0 Å². The van der Waals surface area contributed by atoms with Crippen LogP contribution in [0.15, 0.2) is 6.33 Å². The minimum absolute atomic E-state index is 0.0195. The van der Waals surface area contributed by atoms with E-state index in [1.165, 1.54) is 44.9 Å². The van der Waals surface area contributed by atoms with Gasteiger partial charge in [-0.25, -0.2) is 4.98 Å². The maximum atomic E-state index is 13.0. The van der Waals surface area contributed by atoms with Gasteiger partial charge >= 0.3 is 0 Å². The van der Waals surface area contributed by atoms with E-state index in [4.69, 9.17) is 15.0 Å². The molecule has 0 radical (unpaired) electrons. The lowest BCUT2D eigenvalue weighted by atomic mass is 9.95. The Hall–Kier alpha value is -2.38. The molecular formula is C24H37N7O. The summed E-state index contributed by atoms with van der Waals surface area (Å²) in [5.74, 6) is 1.89. The number of aromatic nitrogens is 4. The zero-order chi connectivity index (χ0) is 22.1. The molecule has 1 N–H and O–H groups in total. The van der Waals surface area contributed by atoms with Crippen LogP contribution in [0.25, 0.3) is 11.2 Å². The van der Waals surface area contributed by atoms with Crippen LogP contribution in [0, 0.1) is 5.92 Å². The van der Waals surface area contributed by atoms with Crippen molar-refractivity contribution in [2.24, 2.45) is 5.92 Å². The Morgan fingerprint density at radius 3 is 2.56 bits per heavy atom. The standard InChI is InChI=1S/C24H37N7O/c1-3-29(4-2)23(32)17-9-8-14-30(15-17)24-27-21(26-18-12-13-18)20-22(28-24)31(16-25-20)19-10-6-5-7-11-19/h16-19H,3-15H2,1-2H3,(H,26,27,28). The molecule has 8 heteroatoms. The fourth-order valence-corrected chi connectivity index (χ4v) is 5.35. The van der Waals surface area contributed by atoms with Crippen LogP contribution >= 0.6 is 0 Å². The lowest BCUT2D eigenvalue weighted by Crippen LogP contribution is -2.45. The third-order valence-corrected chi connectivity index (χ3v) is 7.42. The van der Waals surface area contributed by atoms with Crippen molar-refractivity contribution >= 4 is 28.8 Å². The predicted octanol–water partition coefficient (Wildman–Crippen LogP) is 3.99. The molecule has 0 spiro atoms. The highest BCUT2D eigenvalue weighted by atomic mass is 16.2. The number of nitrogens with one attached hydrogen (secondary N) is 1. The molecule has 8 nitrogen and oxygen atoms in total. The van der Waals surface area contributed by atoms with Crippen LogP contribution in [0.4, 0.5) is 11.8 Å². The fraction of sp³-hybridized carbons (Fsp3) is 0.750. The SMILES string of the molecule is CCN(CC)C(=O)C1CCCN(c2nc(NC3CC3)c3ncn(C4CCCCC4)c3n2)C1. The first kappa shape index (κ1) is 21.5. The number of hydrogen-bond acceptors (Lipinski definition) is 6. The molecule has 3 heterocycles. The number of rotatable bonds is 7.